The lowest BCUT2D eigenvalue weighted by molar-refractivity contribution is -0.138. The van der Waals surface area contributed by atoms with Crippen LogP contribution in [-0.2, 0) is 11.5 Å². The van der Waals surface area contributed by atoms with Gasteiger partial charge in [-0.05, 0) is 11.6 Å². The molecule has 0 amide bonds. The van der Waals surface area contributed by atoms with Crippen molar-refractivity contribution in [2.24, 2.45) is 0 Å². The topological polar surface area (TPSA) is 12.9 Å². The molecule has 0 saturated heterocycles. The number of hydrogen-bond donors (Lipinski definition) is 0. The lowest BCUT2D eigenvalue weighted by atomic mass is 10.1. The molecule has 6 heteroatoms. The van der Waals surface area contributed by atoms with Crippen molar-refractivity contribution in [1.29, 1.82) is 0 Å². The van der Waals surface area contributed by atoms with Crippen molar-refractivity contribution in [3.05, 3.63) is 29.6 Å². The van der Waals surface area contributed by atoms with Gasteiger partial charge >= 0.3 is 6.18 Å². The number of aromatic nitrogens is 1. The quantitative estimate of drug-likeness (QED) is 0.721. The van der Waals surface area contributed by atoms with Gasteiger partial charge in [0, 0.05) is 17.7 Å². The van der Waals surface area contributed by atoms with Gasteiger partial charge in [0.1, 0.15) is 0 Å². The number of nitrogens with zero attached hydrogens (tertiary/aromatic N) is 1. The van der Waals surface area contributed by atoms with Crippen molar-refractivity contribution in [3.63, 3.8) is 0 Å². The second-order valence-corrected chi connectivity index (χ2v) is 2.72. The summed E-state index contributed by atoms with van der Waals surface area (Å²) in [5.74, 6) is 0. The van der Waals surface area contributed by atoms with E-state index in [-0.39, 0.29) is 27.9 Å². The van der Waals surface area contributed by atoms with Crippen LogP contribution in [0.3, 0.4) is 0 Å². The fourth-order valence-electron chi connectivity index (χ4n) is 0.795. The van der Waals surface area contributed by atoms with Crippen LogP contribution in [0.2, 0.25) is 0 Å². The average Bonchev–Trinajstić information content (AvgIpc) is 2.03. The summed E-state index contributed by atoms with van der Waals surface area (Å²) in [5, 5.41) is 0.185. The van der Waals surface area contributed by atoms with E-state index in [2.05, 4.69) is 20.9 Å². The van der Waals surface area contributed by atoms with Crippen molar-refractivity contribution in [2.75, 3.05) is 0 Å². The van der Waals surface area contributed by atoms with Crippen LogP contribution < -0.4 is 0 Å². The van der Waals surface area contributed by atoms with Crippen molar-refractivity contribution in [3.8, 4) is 0 Å². The van der Waals surface area contributed by atoms with Crippen LogP contribution in [0.1, 0.15) is 11.1 Å². The summed E-state index contributed by atoms with van der Waals surface area (Å²) in [7, 11) is 0. The fraction of sp³-hybridized carbons (Fsp3) is 0.286. The first kappa shape index (κ1) is 12.9. The molecule has 0 radical (unpaired) electrons. The first-order valence-corrected chi connectivity index (χ1v) is 4.24. The second kappa shape index (κ2) is 4.95. The molecule has 0 N–H and O–H groups in total. The average molecular weight is 321 g/mol. The molecule has 1 aromatic rings. The Labute approximate surface area is 92.3 Å². The molecule has 0 aliphatic heterocycles. The Morgan fingerprint density at radius 1 is 1.38 bits per heavy atom. The fourth-order valence-corrected chi connectivity index (χ4v) is 1.28. The highest BCUT2D eigenvalue weighted by Gasteiger charge is 2.32. The Bertz CT molecular complexity index is 275. The summed E-state index contributed by atoms with van der Waals surface area (Å²) in [6.45, 7) is 0. The molecule has 0 saturated carbocycles. The van der Waals surface area contributed by atoms with E-state index in [4.69, 9.17) is 0 Å². The van der Waals surface area contributed by atoms with E-state index < -0.39 is 11.7 Å². The standard InChI is InChI=1S/C7H5BrF3N.BrH/c8-3-5-1-2-12-4-6(5)7(9,10)11;/h1-2,4H,3H2;1H. The van der Waals surface area contributed by atoms with Crippen molar-refractivity contribution in [2.45, 2.75) is 11.5 Å². The Morgan fingerprint density at radius 3 is 2.38 bits per heavy atom. The van der Waals surface area contributed by atoms with Gasteiger partial charge in [-0.1, -0.05) is 15.9 Å². The zero-order valence-corrected chi connectivity index (χ0v) is 9.61. The van der Waals surface area contributed by atoms with Gasteiger partial charge in [-0.25, -0.2) is 0 Å². The molecule has 1 heterocycles. The molecule has 1 nitrogen and oxygen atoms in total. The molecule has 0 aliphatic carbocycles. The summed E-state index contributed by atoms with van der Waals surface area (Å²) in [6.07, 6.45) is -2.14. The maximum absolute atomic E-state index is 12.2. The van der Waals surface area contributed by atoms with Gasteiger partial charge in [0.05, 0.1) is 5.56 Å². The Kier molecular flexibility index (Phi) is 4.91. The molecule has 0 aliphatic rings. The molecule has 0 fully saturated rings. The van der Waals surface area contributed by atoms with E-state index in [1.807, 2.05) is 0 Å². The third-order valence-corrected chi connectivity index (χ3v) is 1.96. The molecule has 1 rings (SSSR count). The first-order chi connectivity index (χ1) is 5.55. The van der Waals surface area contributed by atoms with Gasteiger partial charge in [-0.15, -0.1) is 17.0 Å². The van der Waals surface area contributed by atoms with Gasteiger partial charge in [0.15, 0.2) is 0 Å². The van der Waals surface area contributed by atoms with Gasteiger partial charge < -0.3 is 0 Å². The predicted molar refractivity (Wildman–Crippen MR) is 52.2 cm³/mol. The molecule has 0 aromatic carbocycles. The maximum Gasteiger partial charge on any atom is 0.418 e. The van der Waals surface area contributed by atoms with Gasteiger partial charge in [0.2, 0.25) is 0 Å². The highest BCUT2D eigenvalue weighted by Crippen LogP contribution is 2.31. The first-order valence-electron chi connectivity index (χ1n) is 3.11. The molecular weight excluding hydrogens is 315 g/mol. The zero-order chi connectivity index (χ0) is 9.19. The number of pyridine rings is 1. The van der Waals surface area contributed by atoms with E-state index in [0.717, 1.165) is 6.20 Å². The van der Waals surface area contributed by atoms with Crippen molar-refractivity contribution >= 4 is 32.9 Å². The largest absolute Gasteiger partial charge is 0.418 e. The number of rotatable bonds is 1. The molecule has 0 spiro atoms. The Morgan fingerprint density at radius 2 is 2.00 bits per heavy atom. The van der Waals surface area contributed by atoms with Crippen molar-refractivity contribution in [1.82, 2.24) is 4.98 Å². The van der Waals surface area contributed by atoms with Crippen LogP contribution in [0, 0.1) is 0 Å². The molecule has 1 aromatic heterocycles. The minimum absolute atomic E-state index is 0. The maximum atomic E-state index is 12.2. The number of alkyl halides is 4. The molecule has 0 bridgehead atoms. The monoisotopic (exact) mass is 319 g/mol. The van der Waals surface area contributed by atoms with Crippen LogP contribution in [0.15, 0.2) is 18.5 Å². The van der Waals surface area contributed by atoms with Gasteiger partial charge in [-0.2, -0.15) is 13.2 Å². The minimum atomic E-state index is -4.31. The molecule has 74 valence electrons. The van der Waals surface area contributed by atoms with Crippen LogP contribution in [0.25, 0.3) is 0 Å². The minimum Gasteiger partial charge on any atom is -0.264 e. The summed E-state index contributed by atoms with van der Waals surface area (Å²) in [4.78, 5) is 3.42. The van der Waals surface area contributed by atoms with Crippen molar-refractivity contribution < 1.29 is 13.2 Å². The number of hydrogen-bond acceptors (Lipinski definition) is 1. The number of halogens is 5. The zero-order valence-electron chi connectivity index (χ0n) is 6.31. The third kappa shape index (κ3) is 3.27. The van der Waals surface area contributed by atoms with E-state index >= 15 is 0 Å². The molecular formula is C7H6Br2F3N. The van der Waals surface area contributed by atoms with Gasteiger partial charge in [-0.3, -0.25) is 4.98 Å². The SMILES string of the molecule is Br.FC(F)(F)c1cnccc1CBr. The summed E-state index contributed by atoms with van der Waals surface area (Å²) in [5.41, 5.74) is -0.473. The van der Waals surface area contributed by atoms with Gasteiger partial charge in [0.25, 0.3) is 0 Å². The predicted octanol–water partition coefficient (Wildman–Crippen LogP) is 3.57. The van der Waals surface area contributed by atoms with E-state index in [1.54, 1.807) is 0 Å². The lowest BCUT2D eigenvalue weighted by Crippen LogP contribution is -2.08. The van der Waals surface area contributed by atoms with Crippen LogP contribution >= 0.6 is 32.9 Å². The normalized spacial score (nSPS) is 10.8. The summed E-state index contributed by atoms with van der Waals surface area (Å²) < 4.78 is 36.5. The molecule has 0 atom stereocenters. The van der Waals surface area contributed by atoms with E-state index in [1.165, 1.54) is 12.3 Å². The molecule has 13 heavy (non-hydrogen) atoms. The lowest BCUT2D eigenvalue weighted by Gasteiger charge is -2.09. The van der Waals surface area contributed by atoms with E-state index in [9.17, 15) is 13.2 Å². The molecule has 0 unspecified atom stereocenters. The second-order valence-electron chi connectivity index (χ2n) is 2.16. The summed E-state index contributed by atoms with van der Waals surface area (Å²) in [6, 6.07) is 1.34. The smallest absolute Gasteiger partial charge is 0.264 e. The Balaban J connectivity index is 0.00000144. The van der Waals surface area contributed by atoms with Crippen LogP contribution in [0.5, 0.6) is 0 Å². The van der Waals surface area contributed by atoms with E-state index in [0.29, 0.717) is 0 Å². The Hall–Kier alpha value is -0.100. The third-order valence-electron chi connectivity index (χ3n) is 1.36. The highest BCUT2D eigenvalue weighted by molar-refractivity contribution is 9.08. The van der Waals surface area contributed by atoms with Crippen LogP contribution in [0.4, 0.5) is 13.2 Å². The summed E-state index contributed by atoms with van der Waals surface area (Å²) >= 11 is 2.97. The highest BCUT2D eigenvalue weighted by atomic mass is 79.9. The van der Waals surface area contributed by atoms with Crippen LogP contribution in [-0.4, -0.2) is 4.98 Å².